The van der Waals surface area contributed by atoms with Gasteiger partial charge in [0.05, 0.1) is 0 Å². The van der Waals surface area contributed by atoms with Gasteiger partial charge in [0.15, 0.2) is 5.78 Å². The molecule has 1 aliphatic rings. The molecule has 0 bridgehead atoms. The van der Waals surface area contributed by atoms with Crippen LogP contribution in [0.15, 0.2) is 48.8 Å². The number of urea groups is 1. The summed E-state index contributed by atoms with van der Waals surface area (Å²) in [6.45, 7) is 1.69. The van der Waals surface area contributed by atoms with E-state index in [-0.39, 0.29) is 17.7 Å². The van der Waals surface area contributed by atoms with Crippen molar-refractivity contribution in [2.24, 2.45) is 5.92 Å². The van der Waals surface area contributed by atoms with Crippen LogP contribution in [-0.4, -0.2) is 41.3 Å². The second-order valence-corrected chi connectivity index (χ2v) is 6.93. The van der Waals surface area contributed by atoms with Crippen LogP contribution in [0.1, 0.15) is 28.8 Å². The van der Waals surface area contributed by atoms with Crippen LogP contribution in [0.3, 0.4) is 0 Å². The van der Waals surface area contributed by atoms with Crippen molar-refractivity contribution in [1.82, 2.24) is 15.2 Å². The molecular formula is C20H22ClN3O2. The minimum absolute atomic E-state index is 0.0572. The van der Waals surface area contributed by atoms with Crippen molar-refractivity contribution in [3.8, 4) is 0 Å². The molecule has 0 saturated carbocycles. The number of carbonyl (C=O) groups excluding carboxylic acids is 2. The van der Waals surface area contributed by atoms with E-state index in [0.717, 1.165) is 24.8 Å². The Kier molecular flexibility index (Phi) is 6.23. The molecule has 5 nitrogen and oxygen atoms in total. The summed E-state index contributed by atoms with van der Waals surface area (Å²) < 4.78 is 0. The number of aromatic nitrogens is 1. The van der Waals surface area contributed by atoms with Gasteiger partial charge >= 0.3 is 6.03 Å². The molecule has 6 heteroatoms. The van der Waals surface area contributed by atoms with Crippen molar-refractivity contribution < 1.29 is 9.59 Å². The molecule has 1 aromatic heterocycles. The number of Topliss-reactive ketones (excluding diaryl/α,β-unsaturated/α-hetero) is 1. The van der Waals surface area contributed by atoms with Gasteiger partial charge in [0, 0.05) is 48.5 Å². The van der Waals surface area contributed by atoms with Gasteiger partial charge in [-0.05, 0) is 49.1 Å². The zero-order valence-corrected chi connectivity index (χ0v) is 15.3. The van der Waals surface area contributed by atoms with Crippen LogP contribution in [0.25, 0.3) is 0 Å². The molecule has 1 aromatic carbocycles. The molecule has 0 aliphatic carbocycles. The van der Waals surface area contributed by atoms with E-state index >= 15 is 0 Å². The van der Waals surface area contributed by atoms with Gasteiger partial charge in [0.1, 0.15) is 0 Å². The third-order valence-electron chi connectivity index (χ3n) is 4.63. The predicted octanol–water partition coefficient (Wildman–Crippen LogP) is 3.58. The van der Waals surface area contributed by atoms with Gasteiger partial charge in [0.25, 0.3) is 0 Å². The molecule has 26 heavy (non-hydrogen) atoms. The number of carbonyl (C=O) groups is 2. The number of piperidine rings is 1. The Bertz CT molecular complexity index is 767. The highest BCUT2D eigenvalue weighted by Gasteiger charge is 2.29. The van der Waals surface area contributed by atoms with Crippen molar-refractivity contribution >= 4 is 23.4 Å². The summed E-state index contributed by atoms with van der Waals surface area (Å²) in [7, 11) is 0. The standard InChI is InChI=1S/C20H22ClN3O2/c21-18-5-1-3-16(13-18)19(25)17-4-2-12-24(14-17)20(26)23-11-8-15-6-9-22-10-7-15/h1,3,5-7,9-10,13,17H,2,4,8,11-12,14H2,(H,23,26)/t17-/m1/s1. The maximum atomic E-state index is 12.7. The summed E-state index contributed by atoms with van der Waals surface area (Å²) in [6, 6.07) is 10.8. The van der Waals surface area contributed by atoms with E-state index in [9.17, 15) is 9.59 Å². The molecule has 3 rings (SSSR count). The molecule has 1 N–H and O–H groups in total. The Labute approximate surface area is 158 Å². The first-order valence-corrected chi connectivity index (χ1v) is 9.23. The summed E-state index contributed by atoms with van der Waals surface area (Å²) in [5, 5.41) is 3.50. The van der Waals surface area contributed by atoms with Crippen LogP contribution in [0.4, 0.5) is 4.79 Å². The van der Waals surface area contributed by atoms with Crippen molar-refractivity contribution in [3.05, 3.63) is 64.9 Å². The van der Waals surface area contributed by atoms with E-state index in [1.807, 2.05) is 12.1 Å². The van der Waals surface area contributed by atoms with Crippen LogP contribution < -0.4 is 5.32 Å². The van der Waals surface area contributed by atoms with Crippen LogP contribution in [0, 0.1) is 5.92 Å². The SMILES string of the molecule is O=C(c1cccc(Cl)c1)[C@@H]1CCCN(C(=O)NCCc2ccncc2)C1. The zero-order chi connectivity index (χ0) is 18.4. The van der Waals surface area contributed by atoms with Gasteiger partial charge < -0.3 is 10.2 Å². The Morgan fingerprint density at radius 1 is 1.23 bits per heavy atom. The Balaban J connectivity index is 1.52. The molecule has 2 heterocycles. The molecule has 1 aliphatic heterocycles. The summed E-state index contributed by atoms with van der Waals surface area (Å²) in [5.41, 5.74) is 1.75. The van der Waals surface area contributed by atoms with E-state index in [2.05, 4.69) is 10.3 Å². The molecular weight excluding hydrogens is 350 g/mol. The van der Waals surface area contributed by atoms with Crippen LogP contribution in [0.2, 0.25) is 5.02 Å². The zero-order valence-electron chi connectivity index (χ0n) is 14.5. The van der Waals surface area contributed by atoms with Gasteiger partial charge in [-0.2, -0.15) is 0 Å². The topological polar surface area (TPSA) is 62.3 Å². The average molecular weight is 372 g/mol. The lowest BCUT2D eigenvalue weighted by molar-refractivity contribution is 0.0846. The summed E-state index contributed by atoms with van der Waals surface area (Å²) in [6.07, 6.45) is 5.87. The number of ketones is 1. The highest BCUT2D eigenvalue weighted by molar-refractivity contribution is 6.31. The van der Waals surface area contributed by atoms with E-state index in [1.165, 1.54) is 0 Å². The minimum atomic E-state index is -0.173. The monoisotopic (exact) mass is 371 g/mol. The highest BCUT2D eigenvalue weighted by Crippen LogP contribution is 2.22. The van der Waals surface area contributed by atoms with Crippen LogP contribution >= 0.6 is 11.6 Å². The third-order valence-corrected chi connectivity index (χ3v) is 4.86. The van der Waals surface area contributed by atoms with Crippen molar-refractivity contribution in [1.29, 1.82) is 0 Å². The summed E-state index contributed by atoms with van der Waals surface area (Å²) in [5.74, 6) is -0.116. The Morgan fingerprint density at radius 3 is 2.81 bits per heavy atom. The quantitative estimate of drug-likeness (QED) is 0.817. The number of pyridine rings is 1. The Morgan fingerprint density at radius 2 is 2.04 bits per heavy atom. The molecule has 0 unspecified atom stereocenters. The molecule has 0 spiro atoms. The smallest absolute Gasteiger partial charge is 0.317 e. The lowest BCUT2D eigenvalue weighted by atomic mass is 9.90. The number of likely N-dealkylation sites (tertiary alicyclic amines) is 1. The number of nitrogens with zero attached hydrogens (tertiary/aromatic N) is 2. The van der Waals surface area contributed by atoms with E-state index < -0.39 is 0 Å². The number of hydrogen-bond acceptors (Lipinski definition) is 3. The largest absolute Gasteiger partial charge is 0.338 e. The maximum absolute atomic E-state index is 12.7. The minimum Gasteiger partial charge on any atom is -0.338 e. The molecule has 136 valence electrons. The summed E-state index contributed by atoms with van der Waals surface area (Å²) in [4.78, 5) is 30.8. The van der Waals surface area contributed by atoms with Gasteiger partial charge in [-0.1, -0.05) is 23.7 Å². The van der Waals surface area contributed by atoms with E-state index in [0.29, 0.717) is 30.2 Å². The van der Waals surface area contributed by atoms with Gasteiger partial charge in [0.2, 0.25) is 0 Å². The number of nitrogens with one attached hydrogen (secondary N) is 1. The maximum Gasteiger partial charge on any atom is 0.317 e. The van der Waals surface area contributed by atoms with Gasteiger partial charge in [-0.25, -0.2) is 4.79 Å². The lowest BCUT2D eigenvalue weighted by Gasteiger charge is -2.32. The number of rotatable bonds is 5. The van der Waals surface area contributed by atoms with Gasteiger partial charge in [-0.15, -0.1) is 0 Å². The molecule has 0 radical (unpaired) electrons. The predicted molar refractivity (Wildman–Crippen MR) is 101 cm³/mol. The van der Waals surface area contributed by atoms with Crippen molar-refractivity contribution in [2.45, 2.75) is 19.3 Å². The van der Waals surface area contributed by atoms with Crippen LogP contribution in [0.5, 0.6) is 0 Å². The van der Waals surface area contributed by atoms with Crippen LogP contribution in [-0.2, 0) is 6.42 Å². The highest BCUT2D eigenvalue weighted by atomic mass is 35.5. The second-order valence-electron chi connectivity index (χ2n) is 6.50. The van der Waals surface area contributed by atoms with Crippen molar-refractivity contribution in [2.75, 3.05) is 19.6 Å². The number of benzene rings is 1. The van der Waals surface area contributed by atoms with Gasteiger partial charge in [-0.3, -0.25) is 9.78 Å². The molecule has 1 atom stereocenters. The average Bonchev–Trinajstić information content (AvgIpc) is 2.68. The third kappa shape index (κ3) is 4.82. The first-order chi connectivity index (χ1) is 12.6. The second kappa shape index (κ2) is 8.81. The molecule has 1 fully saturated rings. The fraction of sp³-hybridized carbons (Fsp3) is 0.350. The number of hydrogen-bond donors (Lipinski definition) is 1. The number of halogens is 1. The lowest BCUT2D eigenvalue weighted by Crippen LogP contribution is -2.47. The number of amides is 2. The molecule has 1 saturated heterocycles. The fourth-order valence-corrected chi connectivity index (χ4v) is 3.42. The van der Waals surface area contributed by atoms with Crippen molar-refractivity contribution in [3.63, 3.8) is 0 Å². The first-order valence-electron chi connectivity index (χ1n) is 8.85. The summed E-state index contributed by atoms with van der Waals surface area (Å²) >= 11 is 5.98. The Hall–Kier alpha value is -2.40. The molecule has 2 aromatic rings. The normalized spacial score (nSPS) is 17.0. The fourth-order valence-electron chi connectivity index (χ4n) is 3.23. The van der Waals surface area contributed by atoms with E-state index in [4.69, 9.17) is 11.6 Å². The first kappa shape index (κ1) is 18.4. The van der Waals surface area contributed by atoms with E-state index in [1.54, 1.807) is 41.6 Å². The molecule has 2 amide bonds.